The predicted octanol–water partition coefficient (Wildman–Crippen LogP) is 2.88. The Morgan fingerprint density at radius 1 is 1.09 bits per heavy atom. The topological polar surface area (TPSA) is 64.9 Å². The van der Waals surface area contributed by atoms with Gasteiger partial charge in [0.2, 0.25) is 5.91 Å². The van der Waals surface area contributed by atoms with Crippen molar-refractivity contribution >= 4 is 28.8 Å². The number of hydrogen-bond acceptors (Lipinski definition) is 3. The van der Waals surface area contributed by atoms with Gasteiger partial charge in [0.25, 0.3) is 0 Å². The van der Waals surface area contributed by atoms with Gasteiger partial charge in [0.05, 0.1) is 6.07 Å². The number of nitriles is 1. The molecule has 0 fully saturated rings. The SMILES string of the molecule is N#C[C@@H](C(=O)NCc1ccccc1)C(=S)Nc1ccccc1. The Bertz CT molecular complexity index is 680. The summed E-state index contributed by atoms with van der Waals surface area (Å²) in [7, 11) is 0. The maximum atomic E-state index is 12.1. The molecular weight excluding hydrogens is 294 g/mol. The van der Waals surface area contributed by atoms with Gasteiger partial charge in [0.1, 0.15) is 4.99 Å². The number of anilines is 1. The highest BCUT2D eigenvalue weighted by Gasteiger charge is 2.22. The van der Waals surface area contributed by atoms with Crippen LogP contribution in [0.1, 0.15) is 5.56 Å². The van der Waals surface area contributed by atoms with Gasteiger partial charge in [-0.15, -0.1) is 0 Å². The number of benzene rings is 2. The zero-order chi connectivity index (χ0) is 15.8. The van der Waals surface area contributed by atoms with E-state index in [2.05, 4.69) is 10.6 Å². The van der Waals surface area contributed by atoms with Crippen LogP contribution in [0.4, 0.5) is 5.69 Å². The van der Waals surface area contributed by atoms with E-state index in [1.807, 2.05) is 66.7 Å². The maximum Gasteiger partial charge on any atom is 0.244 e. The third-order valence-corrected chi connectivity index (χ3v) is 3.34. The van der Waals surface area contributed by atoms with Gasteiger partial charge in [-0.1, -0.05) is 60.7 Å². The first-order valence-electron chi connectivity index (χ1n) is 6.78. The van der Waals surface area contributed by atoms with E-state index >= 15 is 0 Å². The molecule has 110 valence electrons. The number of nitrogens with zero attached hydrogens (tertiary/aromatic N) is 1. The van der Waals surface area contributed by atoms with E-state index in [1.54, 1.807) is 0 Å². The van der Waals surface area contributed by atoms with Gasteiger partial charge in [-0.3, -0.25) is 4.79 Å². The Kier molecular flexibility index (Phi) is 5.64. The molecule has 0 saturated heterocycles. The van der Waals surface area contributed by atoms with E-state index in [1.165, 1.54) is 0 Å². The van der Waals surface area contributed by atoms with Crippen LogP contribution in [-0.4, -0.2) is 10.9 Å². The van der Waals surface area contributed by atoms with Gasteiger partial charge in [0, 0.05) is 12.2 Å². The van der Waals surface area contributed by atoms with Gasteiger partial charge in [0.15, 0.2) is 5.92 Å². The highest BCUT2D eigenvalue weighted by atomic mass is 32.1. The molecule has 1 atom stereocenters. The molecule has 0 unspecified atom stereocenters. The van der Waals surface area contributed by atoms with E-state index in [4.69, 9.17) is 12.2 Å². The molecule has 0 radical (unpaired) electrons. The van der Waals surface area contributed by atoms with E-state index in [-0.39, 0.29) is 4.99 Å². The predicted molar refractivity (Wildman–Crippen MR) is 90.1 cm³/mol. The van der Waals surface area contributed by atoms with E-state index in [9.17, 15) is 10.1 Å². The van der Waals surface area contributed by atoms with Crippen LogP contribution in [-0.2, 0) is 11.3 Å². The lowest BCUT2D eigenvalue weighted by Crippen LogP contribution is -2.36. The van der Waals surface area contributed by atoms with Crippen LogP contribution < -0.4 is 10.6 Å². The quantitative estimate of drug-likeness (QED) is 0.834. The monoisotopic (exact) mass is 309 g/mol. The molecule has 0 aromatic heterocycles. The first-order valence-corrected chi connectivity index (χ1v) is 7.18. The molecule has 4 nitrogen and oxygen atoms in total. The molecular formula is C17H15N3OS. The lowest BCUT2D eigenvalue weighted by atomic mass is 10.1. The van der Waals surface area contributed by atoms with Gasteiger partial charge < -0.3 is 10.6 Å². The van der Waals surface area contributed by atoms with Crippen LogP contribution >= 0.6 is 12.2 Å². The number of nitrogens with one attached hydrogen (secondary N) is 2. The second-order valence-electron chi connectivity index (χ2n) is 4.62. The molecule has 0 spiro atoms. The molecule has 5 heteroatoms. The molecule has 2 aromatic carbocycles. The molecule has 0 saturated carbocycles. The number of para-hydroxylation sites is 1. The lowest BCUT2D eigenvalue weighted by molar-refractivity contribution is -0.121. The zero-order valence-corrected chi connectivity index (χ0v) is 12.6. The summed E-state index contributed by atoms with van der Waals surface area (Å²) in [6.07, 6.45) is 0. The molecule has 22 heavy (non-hydrogen) atoms. The second-order valence-corrected chi connectivity index (χ2v) is 5.06. The Morgan fingerprint density at radius 2 is 1.68 bits per heavy atom. The van der Waals surface area contributed by atoms with Gasteiger partial charge in [-0.25, -0.2) is 0 Å². The fraction of sp³-hybridized carbons (Fsp3) is 0.118. The summed E-state index contributed by atoms with van der Waals surface area (Å²) in [4.78, 5) is 12.3. The van der Waals surface area contributed by atoms with Crippen LogP contribution in [0.3, 0.4) is 0 Å². The van der Waals surface area contributed by atoms with Crippen molar-refractivity contribution in [2.45, 2.75) is 6.54 Å². The number of rotatable bonds is 5. The van der Waals surface area contributed by atoms with E-state index in [0.717, 1.165) is 11.3 Å². The summed E-state index contributed by atoms with van der Waals surface area (Å²) < 4.78 is 0. The molecule has 2 rings (SSSR count). The van der Waals surface area contributed by atoms with Crippen molar-refractivity contribution < 1.29 is 4.79 Å². The Labute approximate surface area is 134 Å². The third kappa shape index (κ3) is 4.40. The molecule has 0 aliphatic heterocycles. The Balaban J connectivity index is 1.94. The Hall–Kier alpha value is -2.71. The van der Waals surface area contributed by atoms with Crippen molar-refractivity contribution in [1.29, 1.82) is 5.26 Å². The summed E-state index contributed by atoms with van der Waals surface area (Å²) in [6.45, 7) is 0.367. The fourth-order valence-corrected chi connectivity index (χ4v) is 2.14. The molecule has 0 aliphatic carbocycles. The van der Waals surface area contributed by atoms with E-state index < -0.39 is 11.8 Å². The minimum atomic E-state index is -1.01. The minimum Gasteiger partial charge on any atom is -0.351 e. The van der Waals surface area contributed by atoms with Gasteiger partial charge in [-0.2, -0.15) is 5.26 Å². The van der Waals surface area contributed by atoms with Crippen molar-refractivity contribution in [2.75, 3.05) is 5.32 Å². The fourth-order valence-electron chi connectivity index (χ4n) is 1.86. The molecule has 0 heterocycles. The number of carbonyl (C=O) groups excluding carboxylic acids is 1. The molecule has 0 aliphatic rings. The molecule has 0 bridgehead atoms. The summed E-state index contributed by atoms with van der Waals surface area (Å²) in [5.41, 5.74) is 1.72. The number of carbonyl (C=O) groups is 1. The number of amides is 1. The zero-order valence-electron chi connectivity index (χ0n) is 11.8. The second kappa shape index (κ2) is 7.91. The average Bonchev–Trinajstić information content (AvgIpc) is 2.55. The average molecular weight is 309 g/mol. The third-order valence-electron chi connectivity index (χ3n) is 3.00. The maximum absolute atomic E-state index is 12.1. The summed E-state index contributed by atoms with van der Waals surface area (Å²) in [5.74, 6) is -1.42. The highest BCUT2D eigenvalue weighted by molar-refractivity contribution is 7.80. The summed E-state index contributed by atoms with van der Waals surface area (Å²) >= 11 is 5.17. The van der Waals surface area contributed by atoms with Crippen molar-refractivity contribution in [2.24, 2.45) is 5.92 Å². The summed E-state index contributed by atoms with van der Waals surface area (Å²) in [6, 6.07) is 20.7. The largest absolute Gasteiger partial charge is 0.351 e. The van der Waals surface area contributed by atoms with Crippen molar-refractivity contribution in [3.63, 3.8) is 0 Å². The first-order chi connectivity index (χ1) is 10.7. The normalized spacial score (nSPS) is 11.0. The standard InChI is InChI=1S/C17H15N3OS/c18-11-15(17(22)20-14-9-5-2-6-10-14)16(21)19-12-13-7-3-1-4-8-13/h1-10,15H,12H2,(H,19,21)(H,20,22)/t15-/m0/s1. The summed E-state index contributed by atoms with van der Waals surface area (Å²) in [5, 5.41) is 14.9. The first kappa shape index (κ1) is 15.7. The van der Waals surface area contributed by atoms with Crippen molar-refractivity contribution in [3.05, 3.63) is 66.2 Å². The number of thiocarbonyl (C=S) groups is 1. The minimum absolute atomic E-state index is 0.194. The van der Waals surface area contributed by atoms with Crippen LogP contribution in [0.15, 0.2) is 60.7 Å². The van der Waals surface area contributed by atoms with Crippen LogP contribution in [0.2, 0.25) is 0 Å². The number of hydrogen-bond donors (Lipinski definition) is 2. The van der Waals surface area contributed by atoms with Crippen LogP contribution in [0, 0.1) is 17.2 Å². The molecule has 1 amide bonds. The van der Waals surface area contributed by atoms with Crippen molar-refractivity contribution in [3.8, 4) is 6.07 Å². The van der Waals surface area contributed by atoms with Crippen LogP contribution in [0.5, 0.6) is 0 Å². The van der Waals surface area contributed by atoms with E-state index in [0.29, 0.717) is 6.54 Å². The Morgan fingerprint density at radius 3 is 2.27 bits per heavy atom. The molecule has 2 aromatic rings. The molecule has 2 N–H and O–H groups in total. The van der Waals surface area contributed by atoms with Gasteiger partial charge in [-0.05, 0) is 17.7 Å². The van der Waals surface area contributed by atoms with Crippen LogP contribution in [0.25, 0.3) is 0 Å². The smallest absolute Gasteiger partial charge is 0.244 e. The lowest BCUT2D eigenvalue weighted by Gasteiger charge is -2.13. The highest BCUT2D eigenvalue weighted by Crippen LogP contribution is 2.09. The van der Waals surface area contributed by atoms with Gasteiger partial charge >= 0.3 is 0 Å². The van der Waals surface area contributed by atoms with Crippen molar-refractivity contribution in [1.82, 2.24) is 5.32 Å².